The van der Waals surface area contributed by atoms with E-state index in [0.717, 1.165) is 25.0 Å². The van der Waals surface area contributed by atoms with E-state index in [9.17, 15) is 9.90 Å². The summed E-state index contributed by atoms with van der Waals surface area (Å²) in [6.07, 6.45) is 4.44. The largest absolute Gasteiger partial charge is 0.507 e. The third-order valence-electron chi connectivity index (χ3n) is 3.67. The summed E-state index contributed by atoms with van der Waals surface area (Å²) in [6.45, 7) is 3.90. The molecule has 4 nitrogen and oxygen atoms in total. The summed E-state index contributed by atoms with van der Waals surface area (Å²) in [5.41, 5.74) is 4.56. The van der Waals surface area contributed by atoms with Gasteiger partial charge in [0.15, 0.2) is 0 Å². The van der Waals surface area contributed by atoms with E-state index in [2.05, 4.69) is 17.5 Å². The number of phenolic OH excluding ortho intramolecular Hbond substituents is 1. The van der Waals surface area contributed by atoms with Crippen LogP contribution in [0.1, 0.15) is 48.5 Å². The van der Waals surface area contributed by atoms with Crippen LogP contribution in [-0.2, 0) is 0 Å². The summed E-state index contributed by atoms with van der Waals surface area (Å²) in [6, 6.07) is 5.11. The van der Waals surface area contributed by atoms with Crippen LogP contribution >= 0.6 is 0 Å². The van der Waals surface area contributed by atoms with Gasteiger partial charge in [-0.15, -0.1) is 0 Å². The molecule has 0 heterocycles. The van der Waals surface area contributed by atoms with Crippen molar-refractivity contribution in [3.63, 3.8) is 0 Å². The fraction of sp³-hybridized carbons (Fsp3) is 0.467. The molecule has 0 spiro atoms. The lowest BCUT2D eigenvalue weighted by atomic mass is 9.89. The molecule has 1 aromatic rings. The first kappa shape index (κ1) is 13.6. The Kier molecular flexibility index (Phi) is 4.20. The van der Waals surface area contributed by atoms with E-state index in [1.54, 1.807) is 25.1 Å². The molecule has 0 aromatic heterocycles. The number of nitrogens with one attached hydrogen (secondary N) is 1. The maximum atomic E-state index is 12.0. The summed E-state index contributed by atoms with van der Waals surface area (Å²) in [7, 11) is 0. The van der Waals surface area contributed by atoms with Gasteiger partial charge in [0.25, 0.3) is 5.91 Å². The number of para-hydroxylation sites is 1. The molecule has 1 fully saturated rings. The highest BCUT2D eigenvalue weighted by Crippen LogP contribution is 2.22. The van der Waals surface area contributed by atoms with Gasteiger partial charge in [-0.05, 0) is 43.7 Å². The molecule has 1 aliphatic carbocycles. The lowest BCUT2D eigenvalue weighted by molar-refractivity contribution is 0.0951. The van der Waals surface area contributed by atoms with Gasteiger partial charge in [0.05, 0.1) is 5.56 Å². The lowest BCUT2D eigenvalue weighted by Gasteiger charge is -2.19. The molecule has 0 aliphatic heterocycles. The zero-order chi connectivity index (χ0) is 13.8. The van der Waals surface area contributed by atoms with Gasteiger partial charge in [-0.3, -0.25) is 4.79 Å². The number of carbonyl (C=O) groups is 1. The van der Waals surface area contributed by atoms with E-state index < -0.39 is 0 Å². The van der Waals surface area contributed by atoms with E-state index in [-0.39, 0.29) is 17.2 Å². The maximum Gasteiger partial charge on any atom is 0.275 e. The van der Waals surface area contributed by atoms with Crippen LogP contribution in [0, 0.1) is 12.8 Å². The number of aromatic hydroxyl groups is 1. The van der Waals surface area contributed by atoms with E-state index in [1.807, 2.05) is 0 Å². The molecule has 1 aromatic carbocycles. The SMILES string of the molecule is Cc1cccc(C(=O)N/N=C2/CCCCC2C)c1O. The number of benzene rings is 1. The average molecular weight is 260 g/mol. The Bertz CT molecular complexity index is 509. The fourth-order valence-corrected chi connectivity index (χ4v) is 2.36. The van der Waals surface area contributed by atoms with Crippen LogP contribution in [0.25, 0.3) is 0 Å². The van der Waals surface area contributed by atoms with Crippen molar-refractivity contribution in [1.82, 2.24) is 5.43 Å². The molecule has 1 amide bonds. The first-order chi connectivity index (χ1) is 9.09. The van der Waals surface area contributed by atoms with Gasteiger partial charge in [0.2, 0.25) is 0 Å². The predicted molar refractivity (Wildman–Crippen MR) is 75.4 cm³/mol. The summed E-state index contributed by atoms with van der Waals surface area (Å²) < 4.78 is 0. The standard InChI is InChI=1S/C15H20N2O2/c1-10-6-3-4-9-13(10)16-17-15(19)12-8-5-7-11(2)14(12)18/h5,7-8,10,18H,3-4,6,9H2,1-2H3,(H,17,19)/b16-13-. The fourth-order valence-electron chi connectivity index (χ4n) is 2.36. The molecule has 1 saturated carbocycles. The molecule has 1 aliphatic rings. The Labute approximate surface area is 113 Å². The van der Waals surface area contributed by atoms with Crippen molar-refractivity contribution < 1.29 is 9.90 Å². The molecular formula is C15H20N2O2. The maximum absolute atomic E-state index is 12.0. The van der Waals surface area contributed by atoms with Gasteiger partial charge in [0, 0.05) is 5.71 Å². The summed E-state index contributed by atoms with van der Waals surface area (Å²) in [5.74, 6) is 0.100. The van der Waals surface area contributed by atoms with Crippen LogP contribution in [0.3, 0.4) is 0 Å². The topological polar surface area (TPSA) is 61.7 Å². The van der Waals surface area contributed by atoms with Crippen LogP contribution in [0.15, 0.2) is 23.3 Å². The number of hydrogen-bond donors (Lipinski definition) is 2. The minimum absolute atomic E-state index is 0.0249. The Morgan fingerprint density at radius 1 is 1.42 bits per heavy atom. The van der Waals surface area contributed by atoms with Crippen molar-refractivity contribution in [3.8, 4) is 5.75 Å². The first-order valence-corrected chi connectivity index (χ1v) is 6.75. The Morgan fingerprint density at radius 2 is 2.21 bits per heavy atom. The van der Waals surface area contributed by atoms with Crippen LogP contribution in [0.2, 0.25) is 0 Å². The normalized spacial score (nSPS) is 21.4. The van der Waals surface area contributed by atoms with Crippen molar-refractivity contribution in [2.24, 2.45) is 11.0 Å². The monoisotopic (exact) mass is 260 g/mol. The van der Waals surface area contributed by atoms with Crippen molar-refractivity contribution in [2.45, 2.75) is 39.5 Å². The number of rotatable bonds is 2. The number of aryl methyl sites for hydroxylation is 1. The second kappa shape index (κ2) is 5.87. The molecule has 19 heavy (non-hydrogen) atoms. The molecule has 0 radical (unpaired) electrons. The molecule has 1 unspecified atom stereocenters. The zero-order valence-corrected chi connectivity index (χ0v) is 11.4. The summed E-state index contributed by atoms with van der Waals surface area (Å²) in [5, 5.41) is 14.1. The molecular weight excluding hydrogens is 240 g/mol. The Hall–Kier alpha value is -1.84. The van der Waals surface area contributed by atoms with Gasteiger partial charge < -0.3 is 5.11 Å². The third kappa shape index (κ3) is 3.13. The zero-order valence-electron chi connectivity index (χ0n) is 11.4. The first-order valence-electron chi connectivity index (χ1n) is 6.75. The van der Waals surface area contributed by atoms with Crippen LogP contribution in [-0.4, -0.2) is 16.7 Å². The molecule has 1 atom stereocenters. The highest BCUT2D eigenvalue weighted by molar-refractivity contribution is 5.98. The number of hydrazone groups is 1. The Morgan fingerprint density at radius 3 is 2.95 bits per heavy atom. The number of nitrogens with zero attached hydrogens (tertiary/aromatic N) is 1. The van der Waals surface area contributed by atoms with Crippen LogP contribution in [0.5, 0.6) is 5.75 Å². The van der Waals surface area contributed by atoms with Gasteiger partial charge >= 0.3 is 0 Å². The molecule has 4 heteroatoms. The van der Waals surface area contributed by atoms with Crippen LogP contribution < -0.4 is 5.43 Å². The second-order valence-electron chi connectivity index (χ2n) is 5.16. The van der Waals surface area contributed by atoms with Gasteiger partial charge in [-0.25, -0.2) is 5.43 Å². The molecule has 0 bridgehead atoms. The van der Waals surface area contributed by atoms with Gasteiger partial charge in [0.1, 0.15) is 5.75 Å². The smallest absolute Gasteiger partial charge is 0.275 e. The van der Waals surface area contributed by atoms with Crippen molar-refractivity contribution in [1.29, 1.82) is 0 Å². The third-order valence-corrected chi connectivity index (χ3v) is 3.67. The average Bonchev–Trinajstić information content (AvgIpc) is 2.40. The number of amides is 1. The predicted octanol–water partition coefficient (Wildman–Crippen LogP) is 3.00. The minimum atomic E-state index is -0.355. The van der Waals surface area contributed by atoms with Crippen molar-refractivity contribution in [3.05, 3.63) is 29.3 Å². The number of carbonyl (C=O) groups excluding carboxylic acids is 1. The Balaban J connectivity index is 2.09. The molecule has 2 rings (SSSR count). The lowest BCUT2D eigenvalue weighted by Crippen LogP contribution is -2.24. The van der Waals surface area contributed by atoms with E-state index in [4.69, 9.17) is 0 Å². The van der Waals surface area contributed by atoms with Gasteiger partial charge in [-0.1, -0.05) is 25.5 Å². The van der Waals surface area contributed by atoms with E-state index in [1.165, 1.54) is 6.42 Å². The molecule has 102 valence electrons. The van der Waals surface area contributed by atoms with E-state index >= 15 is 0 Å². The molecule has 2 N–H and O–H groups in total. The highest BCUT2D eigenvalue weighted by atomic mass is 16.3. The highest BCUT2D eigenvalue weighted by Gasteiger charge is 2.17. The van der Waals surface area contributed by atoms with Crippen LogP contribution in [0.4, 0.5) is 0 Å². The molecule has 0 saturated heterocycles. The quantitative estimate of drug-likeness (QED) is 0.803. The summed E-state index contributed by atoms with van der Waals surface area (Å²) >= 11 is 0. The minimum Gasteiger partial charge on any atom is -0.507 e. The van der Waals surface area contributed by atoms with Gasteiger partial charge in [-0.2, -0.15) is 5.10 Å². The van der Waals surface area contributed by atoms with E-state index in [0.29, 0.717) is 11.5 Å². The summed E-state index contributed by atoms with van der Waals surface area (Å²) in [4.78, 5) is 12.0. The number of phenols is 1. The van der Waals surface area contributed by atoms with Crippen molar-refractivity contribution >= 4 is 11.6 Å². The van der Waals surface area contributed by atoms with Crippen molar-refractivity contribution in [2.75, 3.05) is 0 Å². The number of hydrogen-bond acceptors (Lipinski definition) is 3. The second-order valence-corrected chi connectivity index (χ2v) is 5.16.